The standard InChI is InChI=1S/C23H26N4OS/c1-14-12-18-20(15(2)23(10-11-23)16(3)21(18)28)19(14)13-29-22-24-26(4)25-27(22)17-8-6-5-7-9-17/h5-9,12,16,25H,10-11,13H2,1-4H3/t16-/m1/s1. The van der Waals surface area contributed by atoms with Gasteiger partial charge >= 0.3 is 0 Å². The zero-order valence-electron chi connectivity index (χ0n) is 17.3. The van der Waals surface area contributed by atoms with Crippen LogP contribution in [0.5, 0.6) is 0 Å². The zero-order chi connectivity index (χ0) is 20.3. The van der Waals surface area contributed by atoms with Crippen molar-refractivity contribution in [1.29, 1.82) is 0 Å². The summed E-state index contributed by atoms with van der Waals surface area (Å²) >= 11 is 1.71. The molecule has 0 unspecified atom stereocenters. The maximum Gasteiger partial charge on any atom is 0.205 e. The van der Waals surface area contributed by atoms with Gasteiger partial charge in [-0.1, -0.05) is 42.5 Å². The Bertz CT molecular complexity index is 1020. The molecule has 0 aromatic heterocycles. The van der Waals surface area contributed by atoms with Crippen LogP contribution in [0.3, 0.4) is 0 Å². The largest absolute Gasteiger partial charge is 0.294 e. The van der Waals surface area contributed by atoms with Crippen LogP contribution >= 0.6 is 11.8 Å². The first-order chi connectivity index (χ1) is 13.9. The van der Waals surface area contributed by atoms with Gasteiger partial charge in [0.05, 0.1) is 5.69 Å². The molecule has 1 fully saturated rings. The number of allylic oxidation sites excluding steroid dienone is 5. The highest BCUT2D eigenvalue weighted by molar-refractivity contribution is 8.14. The summed E-state index contributed by atoms with van der Waals surface area (Å²) in [7, 11) is 1.90. The van der Waals surface area contributed by atoms with E-state index in [2.05, 4.69) is 49.6 Å². The molecule has 1 aliphatic heterocycles. The summed E-state index contributed by atoms with van der Waals surface area (Å²) in [6.07, 6.45) is 4.40. The lowest BCUT2D eigenvalue weighted by molar-refractivity contribution is -0.120. The van der Waals surface area contributed by atoms with Crippen molar-refractivity contribution < 1.29 is 4.79 Å². The van der Waals surface area contributed by atoms with E-state index in [1.165, 1.54) is 22.3 Å². The third-order valence-corrected chi connectivity index (χ3v) is 7.79. The summed E-state index contributed by atoms with van der Waals surface area (Å²) in [5.41, 5.74) is 10.5. The number of fused-ring (bicyclic) bond motifs is 1. The molecular formula is C23H26N4OS. The first-order valence-corrected chi connectivity index (χ1v) is 11.2. The van der Waals surface area contributed by atoms with Gasteiger partial charge in [0.1, 0.15) is 0 Å². The fourth-order valence-corrected chi connectivity index (χ4v) is 6.00. The summed E-state index contributed by atoms with van der Waals surface area (Å²) in [5, 5.41) is 9.26. The van der Waals surface area contributed by atoms with Crippen molar-refractivity contribution in [2.24, 2.45) is 16.4 Å². The second kappa shape index (κ2) is 6.61. The SMILES string of the molecule is CC1=C(CSC2=NN(C)NN2c2ccccc2)C2=C(C)C3(CC3)[C@H](C)C(=O)C2=C1. The Kier molecular flexibility index (Phi) is 4.26. The number of anilines is 1. The molecule has 0 saturated heterocycles. The van der Waals surface area contributed by atoms with E-state index >= 15 is 0 Å². The zero-order valence-corrected chi connectivity index (χ0v) is 18.1. The van der Waals surface area contributed by atoms with Gasteiger partial charge in [-0.15, -0.1) is 10.6 Å². The smallest absolute Gasteiger partial charge is 0.205 e. The fraction of sp³-hybridized carbons (Fsp3) is 0.391. The van der Waals surface area contributed by atoms with Gasteiger partial charge in [-0.2, -0.15) is 0 Å². The average molecular weight is 407 g/mol. The topological polar surface area (TPSA) is 47.9 Å². The molecule has 1 N–H and O–H groups in total. The number of ketones is 1. The van der Waals surface area contributed by atoms with Gasteiger partial charge in [-0.25, -0.2) is 10.1 Å². The molecule has 3 aliphatic carbocycles. The van der Waals surface area contributed by atoms with Gasteiger partial charge in [-0.3, -0.25) is 4.79 Å². The van der Waals surface area contributed by atoms with Gasteiger partial charge in [0.15, 0.2) is 5.78 Å². The van der Waals surface area contributed by atoms with Gasteiger partial charge in [0.2, 0.25) is 5.17 Å². The molecule has 0 amide bonds. The number of hydrogen-bond donors (Lipinski definition) is 1. The van der Waals surface area contributed by atoms with Gasteiger partial charge in [0.25, 0.3) is 0 Å². The first kappa shape index (κ1) is 18.7. The van der Waals surface area contributed by atoms with Crippen LogP contribution in [0.1, 0.15) is 33.6 Å². The van der Waals surface area contributed by atoms with Gasteiger partial charge in [-0.05, 0) is 61.6 Å². The number of carbonyl (C=O) groups is 1. The Labute approximate surface area is 176 Å². The van der Waals surface area contributed by atoms with Crippen LogP contribution in [-0.2, 0) is 4.79 Å². The molecule has 5 nitrogen and oxygen atoms in total. The summed E-state index contributed by atoms with van der Waals surface area (Å²) in [4.78, 5) is 13.1. The van der Waals surface area contributed by atoms with Crippen molar-refractivity contribution >= 4 is 28.4 Å². The van der Waals surface area contributed by atoms with Crippen LogP contribution in [0.15, 0.2) is 69.4 Å². The van der Waals surface area contributed by atoms with Crippen molar-refractivity contribution in [3.8, 4) is 0 Å². The van der Waals surface area contributed by atoms with Crippen LogP contribution < -0.4 is 10.5 Å². The van der Waals surface area contributed by atoms with Crippen LogP contribution in [0.2, 0.25) is 0 Å². The van der Waals surface area contributed by atoms with E-state index in [0.29, 0.717) is 5.78 Å². The Morgan fingerprint density at radius 3 is 2.66 bits per heavy atom. The molecule has 0 radical (unpaired) electrons. The lowest BCUT2D eigenvalue weighted by atomic mass is 9.70. The minimum atomic E-state index is 0.114. The number of hydrazine groups is 2. The maximum atomic E-state index is 13.1. The molecule has 5 rings (SSSR count). The molecule has 1 spiro atoms. The minimum Gasteiger partial charge on any atom is -0.294 e. The number of hydrogen-bond acceptors (Lipinski definition) is 6. The van der Waals surface area contributed by atoms with Crippen molar-refractivity contribution in [2.45, 2.75) is 33.6 Å². The predicted octanol–water partition coefficient (Wildman–Crippen LogP) is 4.43. The molecule has 6 heteroatoms. The maximum absolute atomic E-state index is 13.1. The second-order valence-corrected chi connectivity index (χ2v) is 9.37. The van der Waals surface area contributed by atoms with Crippen LogP contribution in [0.25, 0.3) is 0 Å². The van der Waals surface area contributed by atoms with Crippen molar-refractivity contribution in [2.75, 3.05) is 17.8 Å². The van der Waals surface area contributed by atoms with Crippen LogP contribution in [0.4, 0.5) is 5.69 Å². The number of carbonyl (C=O) groups excluding carboxylic acids is 1. The number of nitrogens with one attached hydrogen (secondary N) is 1. The molecule has 1 saturated carbocycles. The van der Waals surface area contributed by atoms with E-state index in [1.54, 1.807) is 16.9 Å². The fourth-order valence-electron chi connectivity index (χ4n) is 4.90. The minimum absolute atomic E-state index is 0.114. The Hall–Kier alpha value is -2.31. The van der Waals surface area contributed by atoms with Crippen LogP contribution in [-0.4, -0.2) is 28.9 Å². The van der Waals surface area contributed by atoms with Gasteiger partial charge < -0.3 is 0 Å². The monoisotopic (exact) mass is 406 g/mol. The lowest BCUT2D eigenvalue weighted by Gasteiger charge is -2.32. The number of Topliss-reactive ketones (excluding diaryl/α,β-unsaturated/α-hetero) is 1. The highest BCUT2D eigenvalue weighted by Gasteiger charge is 2.56. The van der Waals surface area contributed by atoms with E-state index in [0.717, 1.165) is 35.0 Å². The molecule has 150 valence electrons. The second-order valence-electron chi connectivity index (χ2n) is 8.43. The number of nitrogens with zero attached hydrogens (tertiary/aromatic N) is 3. The number of para-hydroxylation sites is 1. The highest BCUT2D eigenvalue weighted by Crippen LogP contribution is 2.63. The number of rotatable bonds is 3. The van der Waals surface area contributed by atoms with Crippen molar-refractivity contribution in [1.82, 2.24) is 10.7 Å². The third kappa shape index (κ3) is 2.81. The molecule has 1 heterocycles. The molecule has 4 aliphatic rings. The van der Waals surface area contributed by atoms with E-state index in [1.807, 2.05) is 30.3 Å². The Morgan fingerprint density at radius 2 is 1.97 bits per heavy atom. The molecular weight excluding hydrogens is 380 g/mol. The van der Waals surface area contributed by atoms with Crippen LogP contribution in [0, 0.1) is 11.3 Å². The predicted molar refractivity (Wildman–Crippen MR) is 119 cm³/mol. The van der Waals surface area contributed by atoms with E-state index < -0.39 is 0 Å². The lowest BCUT2D eigenvalue weighted by Crippen LogP contribution is -2.41. The molecule has 29 heavy (non-hydrogen) atoms. The number of thioether (sulfide) groups is 1. The molecule has 1 aromatic rings. The molecule has 1 aromatic carbocycles. The quantitative estimate of drug-likeness (QED) is 0.804. The van der Waals surface area contributed by atoms with Crippen molar-refractivity contribution in [3.05, 3.63) is 64.3 Å². The Balaban J connectivity index is 1.42. The highest BCUT2D eigenvalue weighted by atomic mass is 32.2. The van der Waals surface area contributed by atoms with Crippen molar-refractivity contribution in [3.63, 3.8) is 0 Å². The summed E-state index contributed by atoms with van der Waals surface area (Å²) in [6, 6.07) is 10.2. The first-order valence-electron chi connectivity index (χ1n) is 10.2. The van der Waals surface area contributed by atoms with E-state index in [4.69, 9.17) is 0 Å². The summed E-state index contributed by atoms with van der Waals surface area (Å²) in [5.74, 6) is 1.24. The van der Waals surface area contributed by atoms with E-state index in [9.17, 15) is 4.79 Å². The van der Waals surface area contributed by atoms with E-state index in [-0.39, 0.29) is 11.3 Å². The average Bonchev–Trinajstić information content (AvgIpc) is 3.34. The number of hydrazone groups is 1. The summed E-state index contributed by atoms with van der Waals surface area (Å²) in [6.45, 7) is 6.50. The number of amidine groups is 1. The Morgan fingerprint density at radius 1 is 1.24 bits per heavy atom. The normalized spacial score (nSPS) is 25.1. The van der Waals surface area contributed by atoms with Gasteiger partial charge in [0, 0.05) is 29.7 Å². The summed E-state index contributed by atoms with van der Waals surface area (Å²) < 4.78 is 0. The molecule has 0 bridgehead atoms. The number of benzene rings is 1. The third-order valence-electron chi connectivity index (χ3n) is 6.84. The molecule has 1 atom stereocenters.